The van der Waals surface area contributed by atoms with Crippen LogP contribution in [0.15, 0.2) is 18.2 Å². The molecule has 0 aliphatic heterocycles. The van der Waals surface area contributed by atoms with Gasteiger partial charge in [-0.3, -0.25) is 4.79 Å². The Morgan fingerprint density at radius 1 is 1.29 bits per heavy atom. The summed E-state index contributed by atoms with van der Waals surface area (Å²) >= 11 is 7.67. The molecular weight excluding hydrogens is 350 g/mol. The minimum absolute atomic E-state index is 0.112. The summed E-state index contributed by atoms with van der Waals surface area (Å²) in [5, 5.41) is 5.77. The van der Waals surface area contributed by atoms with Crippen molar-refractivity contribution >= 4 is 41.1 Å². The summed E-state index contributed by atoms with van der Waals surface area (Å²) in [6, 6.07) is 5.45. The van der Waals surface area contributed by atoms with E-state index in [-0.39, 0.29) is 12.5 Å². The number of hydrogen-bond donors (Lipinski definition) is 3. The van der Waals surface area contributed by atoms with Gasteiger partial charge in [0.1, 0.15) is 12.1 Å². The van der Waals surface area contributed by atoms with Crippen LogP contribution in [-0.4, -0.2) is 35.8 Å². The number of alkyl carbamates (subject to hydrolysis) is 1. The van der Waals surface area contributed by atoms with Crippen molar-refractivity contribution in [1.82, 2.24) is 10.6 Å². The van der Waals surface area contributed by atoms with Gasteiger partial charge in [0.2, 0.25) is 5.91 Å². The van der Waals surface area contributed by atoms with Gasteiger partial charge < -0.3 is 21.1 Å². The van der Waals surface area contributed by atoms with Gasteiger partial charge in [-0.1, -0.05) is 17.7 Å². The Hall–Kier alpha value is -1.60. The maximum atomic E-state index is 11.6. The number of aryl methyl sites for hydroxylation is 1. The first-order valence-corrected chi connectivity index (χ1v) is 9.06. The lowest BCUT2D eigenvalue weighted by Crippen LogP contribution is -2.39. The highest BCUT2D eigenvalue weighted by Gasteiger charge is 2.16. The summed E-state index contributed by atoms with van der Waals surface area (Å²) in [5.74, 6) is 1.00. The molecule has 4 N–H and O–H groups in total. The molecule has 0 radical (unpaired) electrons. The zero-order valence-electron chi connectivity index (χ0n) is 14.1. The maximum absolute atomic E-state index is 11.6. The smallest absolute Gasteiger partial charge is 0.408 e. The third-order valence-corrected chi connectivity index (χ3v) is 3.95. The number of carbonyl (C=O) groups excluding carboxylic acids is 2. The van der Waals surface area contributed by atoms with E-state index in [1.807, 2.05) is 12.1 Å². The highest BCUT2D eigenvalue weighted by atomic mass is 35.5. The van der Waals surface area contributed by atoms with E-state index in [4.69, 9.17) is 22.1 Å². The van der Waals surface area contributed by atoms with Gasteiger partial charge in [0.05, 0.1) is 5.88 Å². The zero-order chi connectivity index (χ0) is 18.2. The number of nitrogens with one attached hydrogen (secondary N) is 2. The highest BCUT2D eigenvalue weighted by molar-refractivity contribution is 7.99. The van der Waals surface area contributed by atoms with Gasteiger partial charge in [-0.15, -0.1) is 11.8 Å². The summed E-state index contributed by atoms with van der Waals surface area (Å²) in [4.78, 5) is 23.0. The van der Waals surface area contributed by atoms with Crippen LogP contribution in [0.1, 0.15) is 26.3 Å². The molecule has 1 aromatic carbocycles. The number of nitrogens with two attached hydrogens (primary N) is 1. The number of rotatable bonds is 7. The Balaban J connectivity index is 2.14. The molecule has 0 spiro atoms. The van der Waals surface area contributed by atoms with E-state index < -0.39 is 11.7 Å². The van der Waals surface area contributed by atoms with E-state index in [2.05, 4.69) is 10.6 Å². The molecule has 134 valence electrons. The van der Waals surface area contributed by atoms with E-state index >= 15 is 0 Å². The summed E-state index contributed by atoms with van der Waals surface area (Å²) in [6.45, 7) is 5.17. The normalized spacial score (nSPS) is 11.0. The Bertz CT molecular complexity index is 576. The molecule has 0 aliphatic carbocycles. The molecule has 0 atom stereocenters. The average molecular weight is 374 g/mol. The molecule has 0 aliphatic rings. The Morgan fingerprint density at radius 2 is 2.00 bits per heavy atom. The summed E-state index contributed by atoms with van der Waals surface area (Å²) in [6.07, 6.45) is 0.179. The van der Waals surface area contributed by atoms with Crippen molar-refractivity contribution in [1.29, 1.82) is 0 Å². The molecule has 0 saturated heterocycles. The van der Waals surface area contributed by atoms with Crippen LogP contribution in [0.3, 0.4) is 0 Å². The van der Waals surface area contributed by atoms with Crippen molar-refractivity contribution in [3.05, 3.63) is 28.8 Å². The Labute approximate surface area is 151 Å². The highest BCUT2D eigenvalue weighted by Crippen LogP contribution is 2.20. The summed E-state index contributed by atoms with van der Waals surface area (Å²) in [7, 11) is 0. The summed E-state index contributed by atoms with van der Waals surface area (Å²) in [5.41, 5.74) is 6.73. The quantitative estimate of drug-likeness (QED) is 0.388. The van der Waals surface area contributed by atoms with E-state index in [1.54, 1.807) is 38.6 Å². The van der Waals surface area contributed by atoms with E-state index in [0.717, 1.165) is 17.7 Å². The van der Waals surface area contributed by atoms with E-state index in [9.17, 15) is 9.59 Å². The second-order valence-corrected chi connectivity index (χ2v) is 7.62. The molecule has 0 unspecified atom stereocenters. The second-order valence-electron chi connectivity index (χ2n) is 6.11. The number of nitrogen functional groups attached to an aromatic ring is 1. The lowest BCUT2D eigenvalue weighted by molar-refractivity contribution is -0.119. The van der Waals surface area contributed by atoms with Crippen LogP contribution in [0.2, 0.25) is 5.02 Å². The topological polar surface area (TPSA) is 93.4 Å². The van der Waals surface area contributed by atoms with Crippen LogP contribution in [0.5, 0.6) is 0 Å². The van der Waals surface area contributed by atoms with Crippen molar-refractivity contribution in [3.63, 3.8) is 0 Å². The van der Waals surface area contributed by atoms with Gasteiger partial charge in [0.25, 0.3) is 0 Å². The standard InChI is InChI=1S/C16H24ClN3O3S/c1-16(2,3)23-15(22)19-9-14(21)20-10-24-7-6-11-4-5-12(18)8-13(11)17/h4-5,8H,6-7,9-10,18H2,1-3H3,(H,19,22)(H,20,21). The van der Waals surface area contributed by atoms with Gasteiger partial charge >= 0.3 is 6.09 Å². The predicted molar refractivity (Wildman–Crippen MR) is 99.3 cm³/mol. The molecule has 0 aromatic heterocycles. The molecule has 1 aromatic rings. The molecule has 0 bridgehead atoms. The first-order valence-electron chi connectivity index (χ1n) is 7.52. The number of anilines is 1. The van der Waals surface area contributed by atoms with Crippen LogP contribution in [0.4, 0.5) is 10.5 Å². The molecule has 0 saturated carbocycles. The van der Waals surface area contributed by atoms with Gasteiger partial charge in [-0.25, -0.2) is 4.79 Å². The van der Waals surface area contributed by atoms with Crippen molar-refractivity contribution in [2.45, 2.75) is 32.8 Å². The van der Waals surface area contributed by atoms with Crippen LogP contribution >= 0.6 is 23.4 Å². The molecule has 0 heterocycles. The van der Waals surface area contributed by atoms with E-state index in [0.29, 0.717) is 16.6 Å². The zero-order valence-corrected chi connectivity index (χ0v) is 15.7. The molecule has 1 rings (SSSR count). The first kappa shape index (κ1) is 20.4. The van der Waals surface area contributed by atoms with Crippen LogP contribution in [-0.2, 0) is 16.0 Å². The molecule has 0 fully saturated rings. The number of halogens is 1. The fraction of sp³-hybridized carbons (Fsp3) is 0.500. The number of benzene rings is 1. The van der Waals surface area contributed by atoms with Crippen molar-refractivity contribution in [3.8, 4) is 0 Å². The minimum Gasteiger partial charge on any atom is -0.444 e. The molecular formula is C16H24ClN3O3S. The van der Waals surface area contributed by atoms with Gasteiger partial charge in [0.15, 0.2) is 0 Å². The second kappa shape index (κ2) is 9.64. The third kappa shape index (κ3) is 8.88. The Kier molecular flexibility index (Phi) is 8.21. The third-order valence-electron chi connectivity index (χ3n) is 2.76. The first-order chi connectivity index (χ1) is 11.2. The van der Waals surface area contributed by atoms with Gasteiger partial charge in [0, 0.05) is 10.7 Å². The monoisotopic (exact) mass is 373 g/mol. The lowest BCUT2D eigenvalue weighted by Gasteiger charge is -2.19. The summed E-state index contributed by atoms with van der Waals surface area (Å²) < 4.78 is 5.04. The fourth-order valence-electron chi connectivity index (χ4n) is 1.68. The fourth-order valence-corrected chi connectivity index (χ4v) is 2.74. The lowest BCUT2D eigenvalue weighted by atomic mass is 10.1. The van der Waals surface area contributed by atoms with Crippen molar-refractivity contribution < 1.29 is 14.3 Å². The number of carbonyl (C=O) groups is 2. The van der Waals surface area contributed by atoms with Crippen molar-refractivity contribution in [2.24, 2.45) is 0 Å². The largest absolute Gasteiger partial charge is 0.444 e. The number of amides is 2. The molecule has 2 amide bonds. The van der Waals surface area contributed by atoms with Crippen LogP contribution < -0.4 is 16.4 Å². The van der Waals surface area contributed by atoms with Crippen LogP contribution in [0, 0.1) is 0 Å². The van der Waals surface area contributed by atoms with Gasteiger partial charge in [-0.2, -0.15) is 0 Å². The predicted octanol–water partition coefficient (Wildman–Crippen LogP) is 2.80. The number of hydrogen-bond acceptors (Lipinski definition) is 5. The van der Waals surface area contributed by atoms with E-state index in [1.165, 1.54) is 0 Å². The molecule has 6 nitrogen and oxygen atoms in total. The van der Waals surface area contributed by atoms with Crippen molar-refractivity contribution in [2.75, 3.05) is 23.9 Å². The Morgan fingerprint density at radius 3 is 2.62 bits per heavy atom. The van der Waals surface area contributed by atoms with Gasteiger partial charge in [-0.05, 0) is 50.6 Å². The molecule has 24 heavy (non-hydrogen) atoms. The minimum atomic E-state index is -0.608. The molecule has 8 heteroatoms. The average Bonchev–Trinajstić information content (AvgIpc) is 2.45. The number of thioether (sulfide) groups is 1. The SMILES string of the molecule is CC(C)(C)OC(=O)NCC(=O)NCSCCc1ccc(N)cc1Cl. The maximum Gasteiger partial charge on any atom is 0.408 e. The van der Waals surface area contributed by atoms with Crippen LogP contribution in [0.25, 0.3) is 0 Å². The number of ether oxygens (including phenoxy) is 1.